The van der Waals surface area contributed by atoms with Crippen LogP contribution in [0.15, 0.2) is 12.2 Å². The van der Waals surface area contributed by atoms with Gasteiger partial charge < -0.3 is 15.0 Å². The van der Waals surface area contributed by atoms with E-state index in [1.165, 1.54) is 0 Å². The lowest BCUT2D eigenvalue weighted by Gasteiger charge is -2.12. The molecule has 0 aromatic rings. The van der Waals surface area contributed by atoms with Gasteiger partial charge in [0.1, 0.15) is 0 Å². The topological polar surface area (TPSA) is 41.6 Å². The molecule has 15 heavy (non-hydrogen) atoms. The van der Waals surface area contributed by atoms with Gasteiger partial charge in [-0.15, -0.1) is 0 Å². The minimum Gasteiger partial charge on any atom is -0.376 e. The second-order valence-corrected chi connectivity index (χ2v) is 4.06. The Labute approximate surface area is 91.3 Å². The van der Waals surface area contributed by atoms with E-state index in [0.29, 0.717) is 13.2 Å². The first-order valence-corrected chi connectivity index (χ1v) is 5.31. The molecule has 1 rings (SSSR count). The molecular formula is C11H20N2O2. The van der Waals surface area contributed by atoms with Crippen LogP contribution in [-0.2, 0) is 9.53 Å². The van der Waals surface area contributed by atoms with Gasteiger partial charge in [-0.3, -0.25) is 4.79 Å². The van der Waals surface area contributed by atoms with Crippen molar-refractivity contribution in [1.82, 2.24) is 10.2 Å². The van der Waals surface area contributed by atoms with E-state index in [4.69, 9.17) is 4.74 Å². The van der Waals surface area contributed by atoms with Gasteiger partial charge in [0.05, 0.1) is 19.3 Å². The largest absolute Gasteiger partial charge is 0.376 e. The fourth-order valence-corrected chi connectivity index (χ4v) is 1.56. The van der Waals surface area contributed by atoms with E-state index in [0.717, 1.165) is 25.1 Å². The monoisotopic (exact) mass is 212 g/mol. The third-order valence-electron chi connectivity index (χ3n) is 2.41. The van der Waals surface area contributed by atoms with E-state index in [-0.39, 0.29) is 11.9 Å². The van der Waals surface area contributed by atoms with Gasteiger partial charge in [0.25, 0.3) is 0 Å². The molecule has 4 heteroatoms. The van der Waals surface area contributed by atoms with E-state index in [1.54, 1.807) is 4.90 Å². The molecule has 1 amide bonds. The first-order chi connectivity index (χ1) is 7.11. The van der Waals surface area contributed by atoms with Crippen LogP contribution in [0.25, 0.3) is 0 Å². The number of hydrogen-bond donors (Lipinski definition) is 1. The summed E-state index contributed by atoms with van der Waals surface area (Å²) < 4.78 is 5.33. The van der Waals surface area contributed by atoms with Crippen LogP contribution in [0.3, 0.4) is 0 Å². The Bertz CT molecular complexity index is 241. The van der Waals surface area contributed by atoms with Crippen molar-refractivity contribution in [3.05, 3.63) is 12.2 Å². The van der Waals surface area contributed by atoms with Crippen molar-refractivity contribution in [2.45, 2.75) is 19.4 Å². The number of likely N-dealkylation sites (N-methyl/N-ethyl adjacent to an activating group) is 1. The number of amides is 1. The molecule has 4 nitrogen and oxygen atoms in total. The van der Waals surface area contributed by atoms with Crippen LogP contribution in [0, 0.1) is 0 Å². The summed E-state index contributed by atoms with van der Waals surface area (Å²) in [7, 11) is 1.83. The number of carbonyl (C=O) groups excluding carboxylic acids is 1. The molecule has 1 fully saturated rings. The number of rotatable bonds is 6. The van der Waals surface area contributed by atoms with Crippen molar-refractivity contribution in [3.63, 3.8) is 0 Å². The van der Waals surface area contributed by atoms with Crippen LogP contribution >= 0.6 is 0 Å². The van der Waals surface area contributed by atoms with Gasteiger partial charge in [0.2, 0.25) is 5.91 Å². The van der Waals surface area contributed by atoms with Gasteiger partial charge in [-0.1, -0.05) is 12.2 Å². The first kappa shape index (κ1) is 12.2. The van der Waals surface area contributed by atoms with Gasteiger partial charge in [-0.05, 0) is 13.3 Å². The highest BCUT2D eigenvalue weighted by molar-refractivity contribution is 5.83. The van der Waals surface area contributed by atoms with Crippen molar-refractivity contribution < 1.29 is 9.53 Å². The molecule has 1 heterocycles. The summed E-state index contributed by atoms with van der Waals surface area (Å²) in [4.78, 5) is 13.2. The highest BCUT2D eigenvalue weighted by Gasteiger charge is 2.27. The Kier molecular flexibility index (Phi) is 4.78. The first-order valence-electron chi connectivity index (χ1n) is 5.31. The van der Waals surface area contributed by atoms with Gasteiger partial charge in [0, 0.05) is 20.1 Å². The van der Waals surface area contributed by atoms with Crippen molar-refractivity contribution in [1.29, 1.82) is 0 Å². The van der Waals surface area contributed by atoms with Crippen LogP contribution in [0.2, 0.25) is 0 Å². The van der Waals surface area contributed by atoms with E-state index in [9.17, 15) is 4.79 Å². The molecule has 1 unspecified atom stereocenters. The number of ether oxygens (including phenoxy) is 1. The average molecular weight is 212 g/mol. The SMILES string of the molecule is C=C(C)COCCNC1CCN(C)C1=O. The zero-order chi connectivity index (χ0) is 11.3. The van der Waals surface area contributed by atoms with Gasteiger partial charge in [-0.25, -0.2) is 0 Å². The maximum Gasteiger partial charge on any atom is 0.239 e. The zero-order valence-electron chi connectivity index (χ0n) is 9.58. The molecule has 1 N–H and O–H groups in total. The average Bonchev–Trinajstić information content (AvgIpc) is 2.48. The Morgan fingerprint density at radius 3 is 3.00 bits per heavy atom. The van der Waals surface area contributed by atoms with Gasteiger partial charge in [0.15, 0.2) is 0 Å². The molecule has 0 aromatic heterocycles. The summed E-state index contributed by atoms with van der Waals surface area (Å²) in [6.45, 7) is 8.47. The third kappa shape index (κ3) is 4.01. The molecule has 1 saturated heterocycles. The number of likely N-dealkylation sites (tertiary alicyclic amines) is 1. The highest BCUT2D eigenvalue weighted by Crippen LogP contribution is 2.07. The van der Waals surface area contributed by atoms with Crippen molar-refractivity contribution in [2.75, 3.05) is 33.4 Å². The molecule has 86 valence electrons. The third-order valence-corrected chi connectivity index (χ3v) is 2.41. The molecule has 1 aliphatic rings. The molecule has 1 atom stereocenters. The number of nitrogens with zero attached hydrogens (tertiary/aromatic N) is 1. The normalized spacial score (nSPS) is 21.1. The molecule has 0 aromatic carbocycles. The molecule has 0 aliphatic carbocycles. The summed E-state index contributed by atoms with van der Waals surface area (Å²) in [5.74, 6) is 0.190. The summed E-state index contributed by atoms with van der Waals surface area (Å²) >= 11 is 0. The fourth-order valence-electron chi connectivity index (χ4n) is 1.56. The summed E-state index contributed by atoms with van der Waals surface area (Å²) in [5.41, 5.74) is 1.02. The Hall–Kier alpha value is -0.870. The van der Waals surface area contributed by atoms with Crippen LogP contribution in [0.1, 0.15) is 13.3 Å². The second-order valence-electron chi connectivity index (χ2n) is 4.06. The standard InChI is InChI=1S/C11H20N2O2/c1-9(2)8-15-7-5-12-10-4-6-13(3)11(10)14/h10,12H,1,4-8H2,2-3H3. The maximum atomic E-state index is 11.5. The minimum atomic E-state index is -0.0107. The van der Waals surface area contributed by atoms with Crippen molar-refractivity contribution in [2.24, 2.45) is 0 Å². The van der Waals surface area contributed by atoms with E-state index in [1.807, 2.05) is 14.0 Å². The predicted octanol–water partition coefficient (Wildman–Crippen LogP) is 0.399. The van der Waals surface area contributed by atoms with Gasteiger partial charge >= 0.3 is 0 Å². The summed E-state index contributed by atoms with van der Waals surface area (Å²) in [5, 5.41) is 3.19. The smallest absolute Gasteiger partial charge is 0.239 e. The van der Waals surface area contributed by atoms with Crippen molar-refractivity contribution >= 4 is 5.91 Å². The summed E-state index contributed by atoms with van der Waals surface area (Å²) in [6.07, 6.45) is 0.899. The highest BCUT2D eigenvalue weighted by atomic mass is 16.5. The Balaban J connectivity index is 2.06. The van der Waals surface area contributed by atoms with Crippen LogP contribution in [0.5, 0.6) is 0 Å². The molecule has 0 spiro atoms. The zero-order valence-corrected chi connectivity index (χ0v) is 9.58. The van der Waals surface area contributed by atoms with Crippen LogP contribution in [0.4, 0.5) is 0 Å². The molecule has 1 aliphatic heterocycles. The quantitative estimate of drug-likeness (QED) is 0.512. The lowest BCUT2D eigenvalue weighted by molar-refractivity contribution is -0.128. The second kappa shape index (κ2) is 5.88. The number of carbonyl (C=O) groups is 1. The molecule has 0 saturated carbocycles. The maximum absolute atomic E-state index is 11.5. The Morgan fingerprint density at radius 1 is 1.73 bits per heavy atom. The lowest BCUT2D eigenvalue weighted by Crippen LogP contribution is -2.38. The number of nitrogens with one attached hydrogen (secondary N) is 1. The van der Waals surface area contributed by atoms with E-state index in [2.05, 4.69) is 11.9 Å². The van der Waals surface area contributed by atoms with Crippen molar-refractivity contribution in [3.8, 4) is 0 Å². The predicted molar refractivity (Wildman–Crippen MR) is 59.7 cm³/mol. The number of hydrogen-bond acceptors (Lipinski definition) is 3. The molecule has 0 bridgehead atoms. The molecule has 0 radical (unpaired) electrons. The van der Waals surface area contributed by atoms with Gasteiger partial charge in [-0.2, -0.15) is 0 Å². The molecular weight excluding hydrogens is 192 g/mol. The summed E-state index contributed by atoms with van der Waals surface area (Å²) in [6, 6.07) is -0.0107. The van der Waals surface area contributed by atoms with Crippen LogP contribution < -0.4 is 5.32 Å². The minimum absolute atomic E-state index is 0.0107. The van der Waals surface area contributed by atoms with E-state index >= 15 is 0 Å². The van der Waals surface area contributed by atoms with E-state index < -0.39 is 0 Å². The fraction of sp³-hybridized carbons (Fsp3) is 0.727. The van der Waals surface area contributed by atoms with Crippen LogP contribution in [-0.4, -0.2) is 50.2 Å². The Morgan fingerprint density at radius 2 is 2.47 bits per heavy atom. The lowest BCUT2D eigenvalue weighted by atomic mass is 10.2.